The highest BCUT2D eigenvalue weighted by Crippen LogP contribution is 2.30. The zero-order valence-electron chi connectivity index (χ0n) is 11.8. The molecule has 0 aromatic heterocycles. The molecule has 0 spiro atoms. The number of nitrogens with zero attached hydrogens (tertiary/aromatic N) is 1. The summed E-state index contributed by atoms with van der Waals surface area (Å²) in [7, 11) is 0. The van der Waals surface area contributed by atoms with Crippen LogP contribution in [0.15, 0.2) is 0 Å². The Morgan fingerprint density at radius 2 is 1.94 bits per heavy atom. The molecule has 0 aromatic carbocycles. The summed E-state index contributed by atoms with van der Waals surface area (Å²) in [6.45, 7) is 13.7. The van der Waals surface area contributed by atoms with Crippen molar-refractivity contribution in [2.75, 3.05) is 13.1 Å². The van der Waals surface area contributed by atoms with E-state index >= 15 is 0 Å². The van der Waals surface area contributed by atoms with Crippen LogP contribution in [0.3, 0.4) is 0 Å². The summed E-state index contributed by atoms with van der Waals surface area (Å²) in [5.41, 5.74) is 6.36. The van der Waals surface area contributed by atoms with Crippen LogP contribution in [0.25, 0.3) is 0 Å². The quantitative estimate of drug-likeness (QED) is 0.798. The molecule has 1 aliphatic rings. The van der Waals surface area contributed by atoms with Crippen molar-refractivity contribution in [3.05, 3.63) is 0 Å². The second-order valence-corrected chi connectivity index (χ2v) is 6.85. The van der Waals surface area contributed by atoms with Crippen LogP contribution in [0.2, 0.25) is 0 Å². The Bertz CT molecular complexity index is 205. The lowest BCUT2D eigenvalue weighted by Gasteiger charge is -2.37. The lowest BCUT2D eigenvalue weighted by atomic mass is 9.86. The minimum Gasteiger partial charge on any atom is -0.329 e. The van der Waals surface area contributed by atoms with Gasteiger partial charge in [0.1, 0.15) is 0 Å². The predicted octanol–water partition coefficient (Wildman–Crippen LogP) is 2.87. The molecule has 0 aromatic rings. The molecule has 0 amide bonds. The lowest BCUT2D eigenvalue weighted by Crippen LogP contribution is -2.47. The first-order chi connectivity index (χ1) is 7.35. The Balaban J connectivity index is 2.64. The molecule has 0 radical (unpaired) electrons. The molecule has 0 saturated carbocycles. The van der Waals surface area contributed by atoms with Crippen LogP contribution in [0.5, 0.6) is 0 Å². The van der Waals surface area contributed by atoms with Gasteiger partial charge in [-0.3, -0.25) is 4.90 Å². The third-order valence-corrected chi connectivity index (χ3v) is 3.70. The number of nitrogens with two attached hydrogens (primary N) is 1. The molecule has 2 atom stereocenters. The molecule has 96 valence electrons. The molecule has 2 N–H and O–H groups in total. The molecule has 2 nitrogen and oxygen atoms in total. The summed E-state index contributed by atoms with van der Waals surface area (Å²) in [6.07, 6.45) is 3.93. The molecule has 2 heteroatoms. The van der Waals surface area contributed by atoms with Crippen molar-refractivity contribution >= 4 is 0 Å². The summed E-state index contributed by atoms with van der Waals surface area (Å²) < 4.78 is 0. The van der Waals surface area contributed by atoms with Gasteiger partial charge in [-0.1, -0.05) is 34.6 Å². The largest absolute Gasteiger partial charge is 0.329 e. The van der Waals surface area contributed by atoms with E-state index in [4.69, 9.17) is 5.73 Å². The van der Waals surface area contributed by atoms with Crippen molar-refractivity contribution in [1.29, 1.82) is 0 Å². The summed E-state index contributed by atoms with van der Waals surface area (Å²) >= 11 is 0. The Hall–Kier alpha value is -0.0800. The number of hydrogen-bond acceptors (Lipinski definition) is 2. The highest BCUT2D eigenvalue weighted by molar-refractivity contribution is 4.88. The van der Waals surface area contributed by atoms with E-state index in [2.05, 4.69) is 39.5 Å². The van der Waals surface area contributed by atoms with E-state index in [1.165, 1.54) is 25.8 Å². The van der Waals surface area contributed by atoms with E-state index in [0.717, 1.165) is 18.5 Å². The van der Waals surface area contributed by atoms with Crippen LogP contribution in [-0.2, 0) is 0 Å². The third-order valence-electron chi connectivity index (χ3n) is 3.70. The van der Waals surface area contributed by atoms with Crippen LogP contribution >= 0.6 is 0 Å². The highest BCUT2D eigenvalue weighted by atomic mass is 15.2. The summed E-state index contributed by atoms with van der Waals surface area (Å²) in [4.78, 5) is 2.68. The summed E-state index contributed by atoms with van der Waals surface area (Å²) in [5, 5.41) is 0. The fourth-order valence-electron chi connectivity index (χ4n) is 3.03. The molecule has 2 unspecified atom stereocenters. The van der Waals surface area contributed by atoms with Gasteiger partial charge >= 0.3 is 0 Å². The summed E-state index contributed by atoms with van der Waals surface area (Å²) in [6, 6.07) is 1.34. The first kappa shape index (κ1) is 14.0. The van der Waals surface area contributed by atoms with Crippen LogP contribution in [-0.4, -0.2) is 30.1 Å². The van der Waals surface area contributed by atoms with E-state index in [1.54, 1.807) is 0 Å². The molecule has 1 fully saturated rings. The Kier molecular flexibility index (Phi) is 4.81. The van der Waals surface area contributed by atoms with Gasteiger partial charge in [0.05, 0.1) is 0 Å². The van der Waals surface area contributed by atoms with Crippen LogP contribution in [0.4, 0.5) is 0 Å². The zero-order valence-corrected chi connectivity index (χ0v) is 11.8. The topological polar surface area (TPSA) is 29.3 Å². The molecule has 1 rings (SSSR count). The molecular formula is C14H30N2. The van der Waals surface area contributed by atoms with E-state index in [1.807, 2.05) is 0 Å². The van der Waals surface area contributed by atoms with Crippen molar-refractivity contribution in [2.24, 2.45) is 17.1 Å². The standard InChI is InChI=1S/C14H30N2/c1-11(2)13-7-6-8-16(13)12(10-15)9-14(3,4)5/h11-13H,6-10,15H2,1-5H3. The third kappa shape index (κ3) is 3.74. The van der Waals surface area contributed by atoms with Crippen molar-refractivity contribution in [2.45, 2.75) is 66.0 Å². The first-order valence-electron chi connectivity index (χ1n) is 6.81. The minimum absolute atomic E-state index is 0.383. The second kappa shape index (κ2) is 5.50. The average molecular weight is 226 g/mol. The monoisotopic (exact) mass is 226 g/mol. The van der Waals surface area contributed by atoms with Crippen LogP contribution in [0, 0.1) is 11.3 Å². The fourth-order valence-corrected chi connectivity index (χ4v) is 3.03. The minimum atomic E-state index is 0.383. The first-order valence-corrected chi connectivity index (χ1v) is 6.81. The molecule has 1 saturated heterocycles. The van der Waals surface area contributed by atoms with Crippen molar-refractivity contribution in [1.82, 2.24) is 4.90 Å². The summed E-state index contributed by atoms with van der Waals surface area (Å²) in [5.74, 6) is 0.761. The Morgan fingerprint density at radius 1 is 1.31 bits per heavy atom. The van der Waals surface area contributed by atoms with Crippen molar-refractivity contribution in [3.63, 3.8) is 0 Å². The van der Waals surface area contributed by atoms with Gasteiger partial charge in [-0.05, 0) is 37.1 Å². The Morgan fingerprint density at radius 3 is 2.38 bits per heavy atom. The zero-order chi connectivity index (χ0) is 12.3. The average Bonchev–Trinajstić information content (AvgIpc) is 2.60. The molecular weight excluding hydrogens is 196 g/mol. The van der Waals surface area contributed by atoms with E-state index < -0.39 is 0 Å². The second-order valence-electron chi connectivity index (χ2n) is 6.85. The lowest BCUT2D eigenvalue weighted by molar-refractivity contribution is 0.115. The van der Waals surface area contributed by atoms with Crippen molar-refractivity contribution in [3.8, 4) is 0 Å². The predicted molar refractivity (Wildman–Crippen MR) is 71.5 cm³/mol. The number of rotatable bonds is 4. The molecule has 0 aliphatic carbocycles. The SMILES string of the molecule is CC(C)C1CCCN1C(CN)CC(C)(C)C. The van der Waals surface area contributed by atoms with Crippen molar-refractivity contribution < 1.29 is 0 Å². The van der Waals surface area contributed by atoms with Gasteiger partial charge in [0.25, 0.3) is 0 Å². The fraction of sp³-hybridized carbons (Fsp3) is 1.00. The highest BCUT2D eigenvalue weighted by Gasteiger charge is 2.33. The van der Waals surface area contributed by atoms with Gasteiger partial charge in [-0.25, -0.2) is 0 Å². The number of hydrogen-bond donors (Lipinski definition) is 1. The molecule has 16 heavy (non-hydrogen) atoms. The molecule has 1 aliphatic heterocycles. The maximum absolute atomic E-state index is 5.98. The van der Waals surface area contributed by atoms with Gasteiger partial charge in [0.15, 0.2) is 0 Å². The number of likely N-dealkylation sites (tertiary alicyclic amines) is 1. The van der Waals surface area contributed by atoms with Gasteiger partial charge in [-0.15, -0.1) is 0 Å². The van der Waals surface area contributed by atoms with Crippen LogP contribution < -0.4 is 5.73 Å². The Labute approximate surface area is 102 Å². The maximum Gasteiger partial charge on any atom is 0.0226 e. The van der Waals surface area contributed by atoms with Gasteiger partial charge in [0, 0.05) is 18.6 Å². The van der Waals surface area contributed by atoms with E-state index in [-0.39, 0.29) is 0 Å². The normalized spacial score (nSPS) is 25.3. The molecule has 0 bridgehead atoms. The smallest absolute Gasteiger partial charge is 0.0226 e. The maximum atomic E-state index is 5.98. The van der Waals surface area contributed by atoms with E-state index in [0.29, 0.717) is 11.5 Å². The van der Waals surface area contributed by atoms with Gasteiger partial charge in [0.2, 0.25) is 0 Å². The van der Waals surface area contributed by atoms with Crippen LogP contribution in [0.1, 0.15) is 53.9 Å². The van der Waals surface area contributed by atoms with Gasteiger partial charge in [-0.2, -0.15) is 0 Å². The molecule has 1 heterocycles. The van der Waals surface area contributed by atoms with E-state index in [9.17, 15) is 0 Å². The van der Waals surface area contributed by atoms with Gasteiger partial charge < -0.3 is 5.73 Å².